The van der Waals surface area contributed by atoms with Crippen molar-refractivity contribution in [2.75, 3.05) is 0 Å². The lowest BCUT2D eigenvalue weighted by molar-refractivity contribution is -0.0501. The lowest BCUT2D eigenvalue weighted by atomic mass is 10.4. The molecule has 0 atom stereocenters. The summed E-state index contributed by atoms with van der Waals surface area (Å²) in [5, 5.41) is 0. The number of alkyl halides is 2. The Balaban J connectivity index is 2.82. The van der Waals surface area contributed by atoms with Gasteiger partial charge >= 0.3 is 6.61 Å². The van der Waals surface area contributed by atoms with E-state index in [-0.39, 0.29) is 5.75 Å². The van der Waals surface area contributed by atoms with Gasteiger partial charge < -0.3 is 4.74 Å². The van der Waals surface area contributed by atoms with Crippen molar-refractivity contribution >= 4 is 15.9 Å². The van der Waals surface area contributed by atoms with Crippen molar-refractivity contribution in [3.8, 4) is 5.75 Å². The number of aromatic nitrogens is 1. The second-order valence-corrected chi connectivity index (χ2v) is 2.97. The van der Waals surface area contributed by atoms with Gasteiger partial charge in [0.1, 0.15) is 5.75 Å². The summed E-state index contributed by atoms with van der Waals surface area (Å²) in [6, 6.07) is 1.45. The summed E-state index contributed by atoms with van der Waals surface area (Å²) in [7, 11) is 0. The molecule has 0 fully saturated rings. The lowest BCUT2D eigenvalue weighted by Gasteiger charge is -2.04. The molecular formula is C7H6BrF2NO. The molecule has 1 aromatic heterocycles. The van der Waals surface area contributed by atoms with Gasteiger partial charge in [-0.25, -0.2) is 0 Å². The Kier molecular flexibility index (Phi) is 2.97. The summed E-state index contributed by atoms with van der Waals surface area (Å²) in [5.74, 6) is 0.0578. The van der Waals surface area contributed by atoms with Crippen LogP contribution in [0.25, 0.3) is 0 Å². The molecule has 0 saturated heterocycles. The van der Waals surface area contributed by atoms with Crippen molar-refractivity contribution in [2.45, 2.75) is 13.5 Å². The second-order valence-electron chi connectivity index (χ2n) is 2.12. The van der Waals surface area contributed by atoms with Gasteiger partial charge in [0.2, 0.25) is 0 Å². The van der Waals surface area contributed by atoms with Crippen LogP contribution in [0.3, 0.4) is 0 Å². The van der Waals surface area contributed by atoms with E-state index in [0.717, 1.165) is 5.69 Å². The van der Waals surface area contributed by atoms with Crippen LogP contribution in [-0.2, 0) is 0 Å². The summed E-state index contributed by atoms with van der Waals surface area (Å²) in [4.78, 5) is 3.83. The molecule has 2 nitrogen and oxygen atoms in total. The monoisotopic (exact) mass is 237 g/mol. The highest BCUT2D eigenvalue weighted by molar-refractivity contribution is 9.10. The molecule has 0 aromatic carbocycles. The third-order valence-corrected chi connectivity index (χ3v) is 2.03. The molecule has 0 bridgehead atoms. The van der Waals surface area contributed by atoms with Gasteiger partial charge in [0, 0.05) is 4.47 Å². The summed E-state index contributed by atoms with van der Waals surface area (Å²) >= 11 is 3.15. The molecule has 1 aromatic rings. The molecule has 12 heavy (non-hydrogen) atoms. The molecule has 0 aliphatic heterocycles. The van der Waals surface area contributed by atoms with Crippen LogP contribution in [0.5, 0.6) is 5.75 Å². The Morgan fingerprint density at radius 1 is 1.58 bits per heavy atom. The number of nitrogens with zero attached hydrogens (tertiary/aromatic N) is 1. The van der Waals surface area contributed by atoms with Crippen molar-refractivity contribution in [3.05, 3.63) is 22.4 Å². The van der Waals surface area contributed by atoms with Gasteiger partial charge in [-0.2, -0.15) is 8.78 Å². The van der Waals surface area contributed by atoms with Crippen LogP contribution in [0.4, 0.5) is 8.78 Å². The fraction of sp³-hybridized carbons (Fsp3) is 0.286. The Hall–Kier alpha value is -0.710. The Morgan fingerprint density at radius 3 is 2.75 bits per heavy atom. The first-order valence-electron chi connectivity index (χ1n) is 3.16. The fourth-order valence-corrected chi connectivity index (χ4v) is 0.984. The molecular weight excluding hydrogens is 232 g/mol. The van der Waals surface area contributed by atoms with E-state index in [1.165, 1.54) is 12.3 Å². The molecule has 0 aliphatic carbocycles. The molecule has 0 radical (unpaired) electrons. The van der Waals surface area contributed by atoms with Gasteiger partial charge in [-0.1, -0.05) is 0 Å². The number of hydrogen-bond acceptors (Lipinski definition) is 2. The SMILES string of the molecule is Cc1ncc(OC(F)F)cc1Br. The molecule has 5 heteroatoms. The zero-order valence-corrected chi connectivity index (χ0v) is 7.81. The summed E-state index contributed by atoms with van der Waals surface area (Å²) in [5.41, 5.74) is 0.733. The number of pyridine rings is 1. The summed E-state index contributed by atoms with van der Waals surface area (Å²) < 4.78 is 28.2. The van der Waals surface area contributed by atoms with Gasteiger partial charge in [0.25, 0.3) is 0 Å². The van der Waals surface area contributed by atoms with Crippen molar-refractivity contribution in [3.63, 3.8) is 0 Å². The molecule has 1 heterocycles. The number of hydrogen-bond donors (Lipinski definition) is 0. The maximum Gasteiger partial charge on any atom is 0.387 e. The van der Waals surface area contributed by atoms with Gasteiger partial charge in [0.15, 0.2) is 0 Å². The maximum absolute atomic E-state index is 11.7. The Morgan fingerprint density at radius 2 is 2.25 bits per heavy atom. The van der Waals surface area contributed by atoms with Crippen molar-refractivity contribution in [1.82, 2.24) is 4.98 Å². The van der Waals surface area contributed by atoms with Crippen LogP contribution >= 0.6 is 15.9 Å². The normalized spacial score (nSPS) is 10.4. The number of ether oxygens (including phenoxy) is 1. The van der Waals surface area contributed by atoms with Gasteiger partial charge in [-0.05, 0) is 28.9 Å². The molecule has 0 saturated carbocycles. The third-order valence-electron chi connectivity index (χ3n) is 1.23. The van der Waals surface area contributed by atoms with E-state index in [0.29, 0.717) is 4.47 Å². The first-order chi connectivity index (χ1) is 5.59. The van der Waals surface area contributed by atoms with Crippen LogP contribution in [0.1, 0.15) is 5.69 Å². The van der Waals surface area contributed by atoms with Crippen molar-refractivity contribution in [2.24, 2.45) is 0 Å². The average Bonchev–Trinajstić information content (AvgIpc) is 1.96. The largest absolute Gasteiger partial charge is 0.433 e. The Bertz CT molecular complexity index is 280. The summed E-state index contributed by atoms with van der Waals surface area (Å²) in [6.07, 6.45) is 1.26. The average molecular weight is 238 g/mol. The zero-order chi connectivity index (χ0) is 9.14. The number of aryl methyl sites for hydroxylation is 1. The van der Waals surface area contributed by atoms with Crippen molar-refractivity contribution < 1.29 is 13.5 Å². The minimum Gasteiger partial charge on any atom is -0.433 e. The molecule has 66 valence electrons. The number of halogens is 3. The third kappa shape index (κ3) is 2.41. The highest BCUT2D eigenvalue weighted by atomic mass is 79.9. The predicted octanol–water partition coefficient (Wildman–Crippen LogP) is 2.75. The topological polar surface area (TPSA) is 22.1 Å². The van der Waals surface area contributed by atoms with Gasteiger partial charge in [-0.15, -0.1) is 0 Å². The van der Waals surface area contributed by atoms with Crippen LogP contribution in [0, 0.1) is 6.92 Å². The van der Waals surface area contributed by atoms with E-state index in [1.807, 2.05) is 0 Å². The van der Waals surface area contributed by atoms with Crippen LogP contribution in [0.2, 0.25) is 0 Å². The molecule has 1 rings (SSSR count). The van der Waals surface area contributed by atoms with E-state index in [9.17, 15) is 8.78 Å². The van der Waals surface area contributed by atoms with Crippen LogP contribution in [0.15, 0.2) is 16.7 Å². The highest BCUT2D eigenvalue weighted by Crippen LogP contribution is 2.20. The lowest BCUT2D eigenvalue weighted by Crippen LogP contribution is -2.02. The molecule has 0 aliphatic rings. The van der Waals surface area contributed by atoms with E-state index in [4.69, 9.17) is 0 Å². The van der Waals surface area contributed by atoms with E-state index < -0.39 is 6.61 Å². The molecule has 0 N–H and O–H groups in total. The molecule has 0 amide bonds. The number of rotatable bonds is 2. The second kappa shape index (κ2) is 3.80. The predicted molar refractivity (Wildman–Crippen MR) is 43.3 cm³/mol. The van der Waals surface area contributed by atoms with E-state index in [1.54, 1.807) is 6.92 Å². The fourth-order valence-electron chi connectivity index (χ4n) is 0.656. The molecule has 0 unspecified atom stereocenters. The van der Waals surface area contributed by atoms with Gasteiger partial charge in [-0.3, -0.25) is 4.98 Å². The quantitative estimate of drug-likeness (QED) is 0.790. The highest BCUT2D eigenvalue weighted by Gasteiger charge is 2.05. The first-order valence-corrected chi connectivity index (χ1v) is 3.96. The first kappa shape index (κ1) is 9.38. The Labute approximate surface area is 76.7 Å². The molecule has 0 spiro atoms. The standard InChI is InChI=1S/C7H6BrF2NO/c1-4-6(8)2-5(3-11-4)12-7(9)10/h2-3,7H,1H3. The van der Waals surface area contributed by atoms with E-state index >= 15 is 0 Å². The van der Waals surface area contributed by atoms with Crippen molar-refractivity contribution in [1.29, 1.82) is 0 Å². The smallest absolute Gasteiger partial charge is 0.387 e. The maximum atomic E-state index is 11.7. The summed E-state index contributed by atoms with van der Waals surface area (Å²) in [6.45, 7) is -1.04. The van der Waals surface area contributed by atoms with Crippen LogP contribution < -0.4 is 4.74 Å². The van der Waals surface area contributed by atoms with Crippen LogP contribution in [-0.4, -0.2) is 11.6 Å². The minimum atomic E-state index is -2.80. The zero-order valence-electron chi connectivity index (χ0n) is 6.22. The minimum absolute atomic E-state index is 0.0578. The van der Waals surface area contributed by atoms with E-state index in [2.05, 4.69) is 25.7 Å². The van der Waals surface area contributed by atoms with Gasteiger partial charge in [0.05, 0.1) is 11.9 Å².